The van der Waals surface area contributed by atoms with E-state index in [-0.39, 0.29) is 17.3 Å². The van der Waals surface area contributed by atoms with E-state index in [0.29, 0.717) is 23.3 Å². The first-order chi connectivity index (χ1) is 17.4. The van der Waals surface area contributed by atoms with Gasteiger partial charge in [-0.25, -0.2) is 0 Å². The Hall–Kier alpha value is -2.95. The fraction of sp³-hybridized carbons (Fsp3) is 0.519. The molecule has 2 aliphatic rings. The molecule has 2 fully saturated rings. The second-order valence-electron chi connectivity index (χ2n) is 10.9. The molecule has 2 aromatic rings. The van der Waals surface area contributed by atoms with E-state index in [0.717, 1.165) is 25.2 Å². The molecule has 0 unspecified atom stereocenters. The fourth-order valence-electron chi connectivity index (χ4n) is 4.48. The standard InChI is InChI=1S/C27H36BN3O6/c1-19-9-10-22(18-24(19)29-25(32)11-14-30-12-7-6-8-13-30)35-23-16-20(15-21(17-23)31(33)34)28-36-26(2,3)27(4,5)37-28/h9-10,15-18H,6-8,11-14H2,1-5H3,(H,29,32). The van der Waals surface area contributed by atoms with Crippen molar-refractivity contribution in [1.82, 2.24) is 4.90 Å². The van der Waals surface area contributed by atoms with Crippen LogP contribution >= 0.6 is 0 Å². The number of carbonyl (C=O) groups is 1. The van der Waals surface area contributed by atoms with Crippen LogP contribution in [0.25, 0.3) is 0 Å². The molecular weight excluding hydrogens is 473 g/mol. The van der Waals surface area contributed by atoms with Gasteiger partial charge in [-0.15, -0.1) is 0 Å². The topological polar surface area (TPSA) is 103 Å². The Balaban J connectivity index is 1.49. The van der Waals surface area contributed by atoms with Crippen LogP contribution in [-0.2, 0) is 14.1 Å². The molecule has 2 aromatic carbocycles. The Morgan fingerprint density at radius 3 is 2.38 bits per heavy atom. The number of ether oxygens (including phenoxy) is 1. The smallest absolute Gasteiger partial charge is 0.457 e. The Labute approximate surface area is 218 Å². The van der Waals surface area contributed by atoms with Gasteiger partial charge in [0.25, 0.3) is 5.69 Å². The van der Waals surface area contributed by atoms with Crippen molar-refractivity contribution in [3.63, 3.8) is 0 Å². The summed E-state index contributed by atoms with van der Waals surface area (Å²) >= 11 is 0. The summed E-state index contributed by atoms with van der Waals surface area (Å²) in [6, 6.07) is 9.85. The number of nitro benzene ring substituents is 1. The Kier molecular flexibility index (Phi) is 7.92. The van der Waals surface area contributed by atoms with Crippen LogP contribution in [0.1, 0.15) is 58.9 Å². The number of non-ortho nitro benzene ring substituents is 1. The highest BCUT2D eigenvalue weighted by Crippen LogP contribution is 2.37. The molecule has 1 amide bonds. The third-order valence-corrected chi connectivity index (χ3v) is 7.47. The molecule has 1 N–H and O–H groups in total. The summed E-state index contributed by atoms with van der Waals surface area (Å²) in [4.78, 5) is 26.1. The summed E-state index contributed by atoms with van der Waals surface area (Å²) in [5, 5.41) is 14.6. The van der Waals surface area contributed by atoms with Gasteiger partial charge in [0, 0.05) is 30.8 Å². The highest BCUT2D eigenvalue weighted by atomic mass is 16.7. The number of nitro groups is 1. The normalized spacial score (nSPS) is 19.0. The van der Waals surface area contributed by atoms with Gasteiger partial charge in [0.2, 0.25) is 5.91 Å². The summed E-state index contributed by atoms with van der Waals surface area (Å²) in [5.41, 5.74) is 0.762. The molecule has 10 heteroatoms. The second-order valence-corrected chi connectivity index (χ2v) is 10.9. The van der Waals surface area contributed by atoms with Crippen molar-refractivity contribution in [2.45, 2.75) is 71.5 Å². The van der Waals surface area contributed by atoms with Crippen LogP contribution in [0, 0.1) is 17.0 Å². The van der Waals surface area contributed by atoms with Crippen molar-refractivity contribution < 1.29 is 23.8 Å². The number of rotatable bonds is 8. The summed E-state index contributed by atoms with van der Waals surface area (Å²) in [7, 11) is -0.764. The van der Waals surface area contributed by atoms with Crippen LogP contribution in [0.15, 0.2) is 36.4 Å². The van der Waals surface area contributed by atoms with Crippen LogP contribution in [0.5, 0.6) is 11.5 Å². The van der Waals surface area contributed by atoms with Crippen molar-refractivity contribution in [3.8, 4) is 11.5 Å². The SMILES string of the molecule is Cc1ccc(Oc2cc(B3OC(C)(C)C(C)(C)O3)cc([N+](=O)[O-])c2)cc1NC(=O)CCN1CCCCC1. The molecular formula is C27H36BN3O6. The number of hydrogen-bond donors (Lipinski definition) is 1. The maximum atomic E-state index is 12.6. The number of benzene rings is 2. The molecule has 0 aromatic heterocycles. The van der Waals surface area contributed by atoms with E-state index in [1.165, 1.54) is 31.4 Å². The maximum absolute atomic E-state index is 12.6. The number of anilines is 1. The molecule has 0 aliphatic carbocycles. The van der Waals surface area contributed by atoms with E-state index in [2.05, 4.69) is 10.2 Å². The minimum Gasteiger partial charge on any atom is -0.457 e. The van der Waals surface area contributed by atoms with E-state index in [1.807, 2.05) is 40.7 Å². The lowest BCUT2D eigenvalue weighted by Gasteiger charge is -2.32. The van der Waals surface area contributed by atoms with Crippen molar-refractivity contribution in [1.29, 1.82) is 0 Å². The number of likely N-dealkylation sites (tertiary alicyclic amines) is 1. The van der Waals surface area contributed by atoms with E-state index in [9.17, 15) is 14.9 Å². The average Bonchev–Trinajstić information content (AvgIpc) is 3.07. The van der Waals surface area contributed by atoms with E-state index in [4.69, 9.17) is 14.0 Å². The van der Waals surface area contributed by atoms with Gasteiger partial charge in [-0.05, 0) is 83.7 Å². The lowest BCUT2D eigenvalue weighted by atomic mass is 9.79. The van der Waals surface area contributed by atoms with Gasteiger partial charge in [0.05, 0.1) is 22.2 Å². The van der Waals surface area contributed by atoms with Gasteiger partial charge in [0.15, 0.2) is 0 Å². The number of amides is 1. The van der Waals surface area contributed by atoms with Gasteiger partial charge in [-0.2, -0.15) is 0 Å². The number of hydrogen-bond acceptors (Lipinski definition) is 7. The van der Waals surface area contributed by atoms with Crippen molar-refractivity contribution in [2.24, 2.45) is 0 Å². The van der Waals surface area contributed by atoms with Gasteiger partial charge in [-0.3, -0.25) is 14.9 Å². The minimum absolute atomic E-state index is 0.0516. The molecule has 198 valence electrons. The summed E-state index contributed by atoms with van der Waals surface area (Å²) in [6.07, 6.45) is 4.06. The van der Waals surface area contributed by atoms with Crippen molar-refractivity contribution in [2.75, 3.05) is 25.0 Å². The lowest BCUT2D eigenvalue weighted by molar-refractivity contribution is -0.384. The molecule has 0 spiro atoms. The Morgan fingerprint density at radius 2 is 1.73 bits per heavy atom. The molecule has 0 atom stereocenters. The van der Waals surface area contributed by atoms with Crippen molar-refractivity contribution in [3.05, 3.63) is 52.1 Å². The number of aryl methyl sites for hydroxylation is 1. The van der Waals surface area contributed by atoms with Crippen molar-refractivity contribution >= 4 is 29.9 Å². The molecule has 9 nitrogen and oxygen atoms in total. The van der Waals surface area contributed by atoms with Gasteiger partial charge in [0.1, 0.15) is 11.5 Å². The molecule has 0 bridgehead atoms. The summed E-state index contributed by atoms with van der Waals surface area (Å²) in [5.74, 6) is 0.687. The summed E-state index contributed by atoms with van der Waals surface area (Å²) < 4.78 is 18.2. The van der Waals surface area contributed by atoms with Gasteiger partial charge < -0.3 is 24.3 Å². The van der Waals surface area contributed by atoms with E-state index < -0.39 is 23.2 Å². The zero-order valence-corrected chi connectivity index (χ0v) is 22.3. The fourth-order valence-corrected chi connectivity index (χ4v) is 4.48. The zero-order chi connectivity index (χ0) is 26.8. The molecule has 2 saturated heterocycles. The maximum Gasteiger partial charge on any atom is 0.495 e. The van der Waals surface area contributed by atoms with Crippen LogP contribution in [0.4, 0.5) is 11.4 Å². The molecule has 4 rings (SSSR count). The lowest BCUT2D eigenvalue weighted by Crippen LogP contribution is -2.41. The van der Waals surface area contributed by atoms with Crippen LogP contribution in [-0.4, -0.2) is 53.7 Å². The van der Waals surface area contributed by atoms with Gasteiger partial charge in [-0.1, -0.05) is 12.5 Å². The minimum atomic E-state index is -0.764. The quantitative estimate of drug-likeness (QED) is 0.310. The Morgan fingerprint density at radius 1 is 1.05 bits per heavy atom. The van der Waals surface area contributed by atoms with Crippen LogP contribution < -0.4 is 15.5 Å². The van der Waals surface area contributed by atoms with Crippen LogP contribution in [0.2, 0.25) is 0 Å². The van der Waals surface area contributed by atoms with E-state index >= 15 is 0 Å². The van der Waals surface area contributed by atoms with E-state index in [1.54, 1.807) is 18.2 Å². The molecule has 2 aliphatic heterocycles. The Bertz CT molecular complexity index is 1150. The predicted octanol–water partition coefficient (Wildman–Crippen LogP) is 4.81. The number of nitrogens with zero attached hydrogens (tertiary/aromatic N) is 2. The zero-order valence-electron chi connectivity index (χ0n) is 22.3. The molecule has 0 radical (unpaired) electrons. The second kappa shape index (κ2) is 10.8. The summed E-state index contributed by atoms with van der Waals surface area (Å²) in [6.45, 7) is 12.5. The predicted molar refractivity (Wildman–Crippen MR) is 144 cm³/mol. The number of nitrogens with one attached hydrogen (secondary N) is 1. The average molecular weight is 509 g/mol. The third kappa shape index (κ3) is 6.50. The highest BCUT2D eigenvalue weighted by Gasteiger charge is 2.52. The monoisotopic (exact) mass is 509 g/mol. The largest absolute Gasteiger partial charge is 0.495 e. The first-order valence-corrected chi connectivity index (χ1v) is 12.9. The third-order valence-electron chi connectivity index (χ3n) is 7.47. The molecule has 2 heterocycles. The first kappa shape index (κ1) is 27.1. The molecule has 0 saturated carbocycles. The van der Waals surface area contributed by atoms with Gasteiger partial charge >= 0.3 is 7.12 Å². The first-order valence-electron chi connectivity index (χ1n) is 12.9. The molecule has 37 heavy (non-hydrogen) atoms. The number of piperidine rings is 1. The highest BCUT2D eigenvalue weighted by molar-refractivity contribution is 6.62. The van der Waals surface area contributed by atoms with Crippen LogP contribution in [0.3, 0.4) is 0 Å². The number of carbonyl (C=O) groups excluding carboxylic acids is 1.